The van der Waals surface area contributed by atoms with Crippen molar-refractivity contribution in [2.24, 2.45) is 0 Å². The Hall–Kier alpha value is -0.465. The molecule has 0 spiro atoms. The lowest BCUT2D eigenvalue weighted by Crippen LogP contribution is -2.30. The monoisotopic (exact) mass is 153 g/mol. The summed E-state index contributed by atoms with van der Waals surface area (Å²) in [5, 5.41) is 0. The Labute approximate surface area is 70.4 Å². The number of carbonyl (C=O) groups is 1. The van der Waals surface area contributed by atoms with Crippen LogP contribution in [0.2, 0.25) is 6.32 Å². The molecule has 62 valence electrons. The summed E-state index contributed by atoms with van der Waals surface area (Å²) in [5.74, 6) is 0.153. The van der Waals surface area contributed by atoms with E-state index in [2.05, 4.69) is 6.92 Å². The van der Waals surface area contributed by atoms with E-state index in [0.717, 1.165) is 25.9 Å². The predicted molar refractivity (Wildman–Crippen MR) is 47.7 cm³/mol. The molecule has 0 aliphatic heterocycles. The van der Waals surface area contributed by atoms with E-state index in [-0.39, 0.29) is 5.91 Å². The maximum Gasteiger partial charge on any atom is 0.219 e. The van der Waals surface area contributed by atoms with E-state index in [1.165, 1.54) is 0 Å². The van der Waals surface area contributed by atoms with Gasteiger partial charge in [-0.1, -0.05) is 13.2 Å². The normalized spacial score (nSPS) is 9.64. The standard InChI is InChI=1S/C8H16BNO/c1-3-6-10(8(2)11)7-4-5-9/h3-7H2,1-2H3. The van der Waals surface area contributed by atoms with Crippen LogP contribution in [0.4, 0.5) is 0 Å². The molecule has 0 rings (SSSR count). The molecule has 2 nitrogen and oxygen atoms in total. The van der Waals surface area contributed by atoms with Crippen LogP contribution in [-0.2, 0) is 4.79 Å². The summed E-state index contributed by atoms with van der Waals surface area (Å²) in [6, 6.07) is 0. The second kappa shape index (κ2) is 6.26. The molecule has 2 radical (unpaired) electrons. The van der Waals surface area contributed by atoms with E-state index < -0.39 is 0 Å². The molecule has 0 unspecified atom stereocenters. The number of carbonyl (C=O) groups excluding carboxylic acids is 1. The van der Waals surface area contributed by atoms with Crippen LogP contribution in [0.15, 0.2) is 0 Å². The minimum absolute atomic E-state index is 0.153. The van der Waals surface area contributed by atoms with Gasteiger partial charge in [0.2, 0.25) is 5.91 Å². The molecule has 11 heavy (non-hydrogen) atoms. The molecule has 0 bridgehead atoms. The van der Waals surface area contributed by atoms with Crippen LogP contribution < -0.4 is 0 Å². The number of hydrogen-bond donors (Lipinski definition) is 0. The van der Waals surface area contributed by atoms with Gasteiger partial charge in [-0.25, -0.2) is 0 Å². The van der Waals surface area contributed by atoms with Gasteiger partial charge < -0.3 is 4.90 Å². The molecule has 1 amide bonds. The molecule has 0 aromatic rings. The predicted octanol–water partition coefficient (Wildman–Crippen LogP) is 1.22. The summed E-state index contributed by atoms with van der Waals surface area (Å²) in [7, 11) is 5.34. The van der Waals surface area contributed by atoms with Crippen LogP contribution in [0.5, 0.6) is 0 Å². The minimum Gasteiger partial charge on any atom is -0.343 e. The fourth-order valence-corrected chi connectivity index (χ4v) is 0.979. The topological polar surface area (TPSA) is 20.3 Å². The molecule has 0 aliphatic rings. The fourth-order valence-electron chi connectivity index (χ4n) is 0.979. The van der Waals surface area contributed by atoms with Crippen LogP contribution in [-0.4, -0.2) is 31.7 Å². The minimum atomic E-state index is 0.153. The van der Waals surface area contributed by atoms with Gasteiger partial charge in [0.15, 0.2) is 0 Å². The lowest BCUT2D eigenvalue weighted by atomic mass is 10.0. The van der Waals surface area contributed by atoms with Crippen LogP contribution in [0, 0.1) is 0 Å². The van der Waals surface area contributed by atoms with E-state index in [9.17, 15) is 4.79 Å². The highest BCUT2D eigenvalue weighted by Crippen LogP contribution is 1.96. The lowest BCUT2D eigenvalue weighted by Gasteiger charge is -2.19. The molecule has 0 N–H and O–H groups in total. The summed E-state index contributed by atoms with van der Waals surface area (Å²) in [4.78, 5) is 12.8. The zero-order valence-corrected chi connectivity index (χ0v) is 7.47. The van der Waals surface area contributed by atoms with E-state index >= 15 is 0 Å². The van der Waals surface area contributed by atoms with Gasteiger partial charge in [0.25, 0.3) is 0 Å². The SMILES string of the molecule is [B]CCCN(CCC)C(C)=O. The third-order valence-corrected chi connectivity index (χ3v) is 1.57. The van der Waals surface area contributed by atoms with Crippen molar-refractivity contribution in [2.75, 3.05) is 13.1 Å². The molecule has 3 heteroatoms. The first-order chi connectivity index (χ1) is 5.22. The molecule has 0 aliphatic carbocycles. The van der Waals surface area contributed by atoms with Crippen molar-refractivity contribution < 1.29 is 4.79 Å². The maximum absolute atomic E-state index is 10.9. The summed E-state index contributed by atoms with van der Waals surface area (Å²) in [6.07, 6.45) is 2.58. The second-order valence-corrected chi connectivity index (χ2v) is 2.65. The largest absolute Gasteiger partial charge is 0.343 e. The Morgan fingerprint density at radius 3 is 2.45 bits per heavy atom. The van der Waals surface area contributed by atoms with Crippen LogP contribution in [0.25, 0.3) is 0 Å². The smallest absolute Gasteiger partial charge is 0.219 e. The second-order valence-electron chi connectivity index (χ2n) is 2.65. The maximum atomic E-state index is 10.9. The first kappa shape index (κ1) is 10.5. The third-order valence-electron chi connectivity index (χ3n) is 1.57. The molecular formula is C8H16BNO. The highest BCUT2D eigenvalue weighted by molar-refractivity contribution is 6.08. The summed E-state index contributed by atoms with van der Waals surface area (Å²) in [5.41, 5.74) is 0. The number of hydrogen-bond acceptors (Lipinski definition) is 1. The average Bonchev–Trinajstić information content (AvgIpc) is 1.97. The fraction of sp³-hybridized carbons (Fsp3) is 0.875. The van der Waals surface area contributed by atoms with Crippen LogP contribution in [0.1, 0.15) is 26.7 Å². The summed E-state index contributed by atoms with van der Waals surface area (Å²) < 4.78 is 0. The van der Waals surface area contributed by atoms with Crippen LogP contribution in [0.3, 0.4) is 0 Å². The molecular weight excluding hydrogens is 137 g/mol. The highest BCUT2D eigenvalue weighted by atomic mass is 16.2. The summed E-state index contributed by atoms with van der Waals surface area (Å²) >= 11 is 0. The summed E-state index contributed by atoms with van der Waals surface area (Å²) in [6.45, 7) is 5.33. The Bertz CT molecular complexity index is 117. The molecule has 0 fully saturated rings. The number of amides is 1. The van der Waals surface area contributed by atoms with Crippen molar-refractivity contribution in [3.63, 3.8) is 0 Å². The highest BCUT2D eigenvalue weighted by Gasteiger charge is 2.04. The van der Waals surface area contributed by atoms with Crippen molar-refractivity contribution in [3.05, 3.63) is 0 Å². The van der Waals surface area contributed by atoms with Crippen molar-refractivity contribution in [1.82, 2.24) is 4.90 Å². The molecule has 0 saturated heterocycles. The van der Waals surface area contributed by atoms with Gasteiger partial charge in [0.05, 0.1) is 7.85 Å². The average molecular weight is 153 g/mol. The van der Waals surface area contributed by atoms with Gasteiger partial charge in [-0.15, -0.1) is 0 Å². The number of rotatable bonds is 5. The first-order valence-electron chi connectivity index (χ1n) is 4.18. The molecule has 0 aromatic heterocycles. The molecule has 0 heterocycles. The zero-order chi connectivity index (χ0) is 8.69. The van der Waals surface area contributed by atoms with E-state index in [1.807, 2.05) is 4.90 Å². The van der Waals surface area contributed by atoms with Crippen molar-refractivity contribution in [3.8, 4) is 0 Å². The Morgan fingerprint density at radius 1 is 1.45 bits per heavy atom. The van der Waals surface area contributed by atoms with Gasteiger partial charge in [-0.3, -0.25) is 4.79 Å². The van der Waals surface area contributed by atoms with E-state index in [4.69, 9.17) is 7.85 Å². The molecule has 0 aromatic carbocycles. The van der Waals surface area contributed by atoms with Crippen LogP contribution >= 0.6 is 0 Å². The molecule has 0 atom stereocenters. The van der Waals surface area contributed by atoms with Gasteiger partial charge in [-0.2, -0.15) is 0 Å². The Balaban J connectivity index is 3.60. The quantitative estimate of drug-likeness (QED) is 0.543. The zero-order valence-electron chi connectivity index (χ0n) is 7.47. The Morgan fingerprint density at radius 2 is 2.09 bits per heavy atom. The number of nitrogens with zero attached hydrogens (tertiary/aromatic N) is 1. The van der Waals surface area contributed by atoms with Gasteiger partial charge in [0, 0.05) is 20.0 Å². The van der Waals surface area contributed by atoms with Crippen molar-refractivity contribution in [1.29, 1.82) is 0 Å². The molecule has 0 saturated carbocycles. The van der Waals surface area contributed by atoms with Crippen molar-refractivity contribution in [2.45, 2.75) is 33.0 Å². The van der Waals surface area contributed by atoms with E-state index in [1.54, 1.807) is 6.92 Å². The third kappa shape index (κ3) is 4.88. The van der Waals surface area contributed by atoms with Gasteiger partial charge >= 0.3 is 0 Å². The van der Waals surface area contributed by atoms with Gasteiger partial charge in [-0.05, 0) is 12.8 Å². The first-order valence-corrected chi connectivity index (χ1v) is 4.18. The van der Waals surface area contributed by atoms with Crippen molar-refractivity contribution >= 4 is 13.8 Å². The lowest BCUT2D eigenvalue weighted by molar-refractivity contribution is -0.128. The van der Waals surface area contributed by atoms with Gasteiger partial charge in [0.1, 0.15) is 0 Å². The Kier molecular flexibility index (Phi) is 5.99. The van der Waals surface area contributed by atoms with E-state index in [0.29, 0.717) is 6.32 Å².